The second kappa shape index (κ2) is 8.42. The van der Waals surface area contributed by atoms with Crippen molar-refractivity contribution in [3.8, 4) is 11.5 Å². The number of anilines is 2. The van der Waals surface area contributed by atoms with E-state index in [0.717, 1.165) is 24.3 Å². The first kappa shape index (κ1) is 18.5. The summed E-state index contributed by atoms with van der Waals surface area (Å²) >= 11 is 6.59. The van der Waals surface area contributed by atoms with Gasteiger partial charge in [0.05, 0.1) is 26.4 Å². The molecule has 0 aliphatic carbocycles. The lowest BCUT2D eigenvalue weighted by Gasteiger charge is -2.31. The molecule has 0 radical (unpaired) electrons. The monoisotopic (exact) mass is 378 g/mol. The van der Waals surface area contributed by atoms with Crippen molar-refractivity contribution in [2.24, 2.45) is 0 Å². The molecule has 1 fully saturated rings. The fourth-order valence-corrected chi connectivity index (χ4v) is 3.35. The van der Waals surface area contributed by atoms with E-state index in [4.69, 9.17) is 31.5 Å². The molecule has 3 rings (SSSR count). The lowest BCUT2D eigenvalue weighted by molar-refractivity contribution is 0.134. The van der Waals surface area contributed by atoms with Gasteiger partial charge in [-0.25, -0.2) is 4.98 Å². The lowest BCUT2D eigenvalue weighted by Crippen LogP contribution is -2.31. The van der Waals surface area contributed by atoms with Crippen LogP contribution < -0.4 is 20.1 Å². The van der Waals surface area contributed by atoms with Gasteiger partial charge < -0.3 is 24.8 Å². The van der Waals surface area contributed by atoms with Gasteiger partial charge in [-0.15, -0.1) is 0 Å². The topological polar surface area (TPSA) is 82.7 Å². The van der Waals surface area contributed by atoms with Gasteiger partial charge in [-0.1, -0.05) is 11.6 Å². The molecular weight excluding hydrogens is 356 g/mol. The molecule has 2 heterocycles. The Morgan fingerprint density at radius 3 is 2.96 bits per heavy atom. The maximum absolute atomic E-state index is 6.59. The van der Waals surface area contributed by atoms with Crippen molar-refractivity contribution in [2.75, 3.05) is 44.1 Å². The highest BCUT2D eigenvalue weighted by molar-refractivity contribution is 6.31. The number of hydrogen-bond acceptors (Lipinski definition) is 7. The minimum Gasteiger partial charge on any atom is -0.493 e. The van der Waals surface area contributed by atoms with Crippen LogP contribution in [0.5, 0.6) is 11.5 Å². The number of nitrogens with two attached hydrogens (primary N) is 1. The minimum absolute atomic E-state index is 0.121. The van der Waals surface area contributed by atoms with Crippen molar-refractivity contribution >= 4 is 23.4 Å². The summed E-state index contributed by atoms with van der Waals surface area (Å²) in [4.78, 5) is 10.5. The van der Waals surface area contributed by atoms with E-state index >= 15 is 0 Å². The van der Waals surface area contributed by atoms with Crippen molar-refractivity contribution < 1.29 is 14.2 Å². The van der Waals surface area contributed by atoms with Crippen LogP contribution in [0.25, 0.3) is 0 Å². The van der Waals surface area contributed by atoms with E-state index in [1.807, 2.05) is 19.1 Å². The van der Waals surface area contributed by atoms with Crippen LogP contribution in [0.15, 0.2) is 24.4 Å². The van der Waals surface area contributed by atoms with Gasteiger partial charge in [0.2, 0.25) is 5.95 Å². The zero-order valence-corrected chi connectivity index (χ0v) is 15.7. The smallest absolute Gasteiger partial charge is 0.221 e. The lowest BCUT2D eigenvalue weighted by atomic mass is 10.0. The van der Waals surface area contributed by atoms with Gasteiger partial charge in [0, 0.05) is 30.4 Å². The van der Waals surface area contributed by atoms with Crippen molar-refractivity contribution in [2.45, 2.75) is 19.4 Å². The molecule has 1 saturated heterocycles. The molecule has 1 aliphatic heterocycles. The number of methoxy groups -OCH3 is 1. The third-order valence-corrected chi connectivity index (χ3v) is 4.56. The minimum atomic E-state index is -0.121. The average Bonchev–Trinajstić information content (AvgIpc) is 2.88. The maximum atomic E-state index is 6.59. The number of aromatic nitrogens is 2. The van der Waals surface area contributed by atoms with Crippen LogP contribution in [0.3, 0.4) is 0 Å². The number of rotatable bonds is 5. The van der Waals surface area contributed by atoms with Crippen molar-refractivity contribution in [1.29, 1.82) is 0 Å². The molecule has 26 heavy (non-hydrogen) atoms. The van der Waals surface area contributed by atoms with E-state index in [1.54, 1.807) is 19.4 Å². The van der Waals surface area contributed by atoms with E-state index < -0.39 is 0 Å². The zero-order valence-electron chi connectivity index (χ0n) is 14.9. The molecule has 2 aromatic rings. The predicted octanol–water partition coefficient (Wildman–Crippen LogP) is 3.09. The van der Waals surface area contributed by atoms with Crippen LogP contribution in [0.1, 0.15) is 24.9 Å². The fourth-order valence-electron chi connectivity index (χ4n) is 3.07. The Balaban J connectivity index is 2.03. The average molecular weight is 379 g/mol. The van der Waals surface area contributed by atoms with Crippen LogP contribution in [0.4, 0.5) is 11.8 Å². The molecular formula is C18H23ClN4O3. The third kappa shape index (κ3) is 3.94. The largest absolute Gasteiger partial charge is 0.493 e. The Morgan fingerprint density at radius 1 is 1.38 bits per heavy atom. The number of benzene rings is 1. The quantitative estimate of drug-likeness (QED) is 0.855. The summed E-state index contributed by atoms with van der Waals surface area (Å²) in [6.45, 7) is 4.39. The Hall–Kier alpha value is -2.25. The van der Waals surface area contributed by atoms with Gasteiger partial charge in [-0.05, 0) is 31.0 Å². The molecule has 0 spiro atoms. The van der Waals surface area contributed by atoms with E-state index in [2.05, 4.69) is 14.9 Å². The first-order chi connectivity index (χ1) is 12.6. The number of nitrogens with zero attached hydrogens (tertiary/aromatic N) is 3. The summed E-state index contributed by atoms with van der Waals surface area (Å²) in [5.74, 6) is 2.24. The molecule has 0 bridgehead atoms. The van der Waals surface area contributed by atoms with Crippen LogP contribution in [-0.2, 0) is 4.74 Å². The normalized spacial score (nSPS) is 17.7. The highest BCUT2D eigenvalue weighted by Gasteiger charge is 2.28. The van der Waals surface area contributed by atoms with Crippen molar-refractivity contribution in [3.63, 3.8) is 0 Å². The van der Waals surface area contributed by atoms with Gasteiger partial charge in [-0.3, -0.25) is 0 Å². The van der Waals surface area contributed by atoms with Crippen LogP contribution in [0.2, 0.25) is 5.02 Å². The van der Waals surface area contributed by atoms with Crippen LogP contribution >= 0.6 is 11.6 Å². The Labute approximate surface area is 158 Å². The van der Waals surface area contributed by atoms with Gasteiger partial charge in [0.25, 0.3) is 0 Å². The first-order valence-corrected chi connectivity index (χ1v) is 8.95. The van der Waals surface area contributed by atoms with E-state index in [1.165, 1.54) is 0 Å². The molecule has 0 saturated carbocycles. The molecule has 140 valence electrons. The molecule has 1 aliphatic rings. The Morgan fingerprint density at radius 2 is 2.23 bits per heavy atom. The molecule has 0 unspecified atom stereocenters. The summed E-state index contributed by atoms with van der Waals surface area (Å²) in [6.07, 6.45) is 2.53. The first-order valence-electron chi connectivity index (χ1n) is 8.57. The second-order valence-corrected chi connectivity index (χ2v) is 6.28. The number of hydrogen-bond donors (Lipinski definition) is 1. The van der Waals surface area contributed by atoms with E-state index in [-0.39, 0.29) is 12.0 Å². The second-order valence-electron chi connectivity index (χ2n) is 5.87. The van der Waals surface area contributed by atoms with Crippen molar-refractivity contribution in [3.05, 3.63) is 35.0 Å². The highest BCUT2D eigenvalue weighted by atomic mass is 35.5. The Kier molecular flexibility index (Phi) is 6.00. The molecule has 1 atom stereocenters. The third-order valence-electron chi connectivity index (χ3n) is 4.24. The zero-order chi connectivity index (χ0) is 18.5. The SMILES string of the molecule is CCOc1cc(Cl)c([C@@H]2COCCCN2c2ccnc(N)n2)cc1OC. The number of halogens is 1. The van der Waals surface area contributed by atoms with E-state index in [9.17, 15) is 0 Å². The summed E-state index contributed by atoms with van der Waals surface area (Å²) in [6, 6.07) is 5.42. The Bertz CT molecular complexity index is 759. The number of nitrogen functional groups attached to an aromatic ring is 1. The van der Waals surface area contributed by atoms with Gasteiger partial charge >= 0.3 is 0 Å². The van der Waals surface area contributed by atoms with Gasteiger partial charge in [-0.2, -0.15) is 4.98 Å². The predicted molar refractivity (Wildman–Crippen MR) is 101 cm³/mol. The molecule has 1 aromatic carbocycles. The summed E-state index contributed by atoms with van der Waals surface area (Å²) in [7, 11) is 1.61. The summed E-state index contributed by atoms with van der Waals surface area (Å²) in [5.41, 5.74) is 6.67. The van der Waals surface area contributed by atoms with Gasteiger partial charge in [0.15, 0.2) is 11.5 Å². The summed E-state index contributed by atoms with van der Waals surface area (Å²) < 4.78 is 16.9. The van der Waals surface area contributed by atoms with Crippen LogP contribution in [-0.4, -0.2) is 43.4 Å². The van der Waals surface area contributed by atoms with E-state index in [0.29, 0.717) is 36.3 Å². The van der Waals surface area contributed by atoms with Gasteiger partial charge in [0.1, 0.15) is 5.82 Å². The molecule has 0 amide bonds. The standard InChI is InChI=1S/C18H23ClN4O3/c1-3-26-16-10-13(19)12(9-15(16)24-2)14-11-25-8-4-7-23(14)17-5-6-21-18(20)22-17/h5-6,9-10,14H,3-4,7-8,11H2,1-2H3,(H2,20,21,22)/t14-/m0/s1. The molecule has 7 nitrogen and oxygen atoms in total. The number of ether oxygens (including phenoxy) is 3. The molecule has 8 heteroatoms. The maximum Gasteiger partial charge on any atom is 0.221 e. The summed E-state index contributed by atoms with van der Waals surface area (Å²) in [5, 5.41) is 0.594. The fraction of sp³-hybridized carbons (Fsp3) is 0.444. The van der Waals surface area contributed by atoms with Crippen molar-refractivity contribution in [1.82, 2.24) is 9.97 Å². The molecule has 1 aromatic heterocycles. The molecule has 2 N–H and O–H groups in total. The highest BCUT2D eigenvalue weighted by Crippen LogP contribution is 2.39. The van der Waals surface area contributed by atoms with Crippen LogP contribution in [0, 0.1) is 0 Å².